The number of nitrogens with two attached hydrogens (primary N) is 1. The summed E-state index contributed by atoms with van der Waals surface area (Å²) in [6.07, 6.45) is 2.72. The van der Waals surface area contributed by atoms with Crippen molar-refractivity contribution in [3.05, 3.63) is 23.9 Å². The van der Waals surface area contributed by atoms with Gasteiger partial charge in [-0.1, -0.05) is 6.92 Å². The molecule has 5 nitrogen and oxygen atoms in total. The minimum Gasteiger partial charge on any atom is -0.394 e. The number of aromatic nitrogens is 1. The summed E-state index contributed by atoms with van der Waals surface area (Å²) in [4.78, 5) is 6.37. The van der Waals surface area contributed by atoms with E-state index in [9.17, 15) is 5.11 Å². The van der Waals surface area contributed by atoms with Crippen LogP contribution in [0.15, 0.2) is 18.3 Å². The Labute approximate surface area is 101 Å². The number of amidine groups is 1. The zero-order valence-electron chi connectivity index (χ0n) is 9.93. The molecule has 2 heterocycles. The monoisotopic (exact) mass is 234 g/mol. The van der Waals surface area contributed by atoms with Crippen molar-refractivity contribution in [3.63, 3.8) is 0 Å². The molecule has 0 bridgehead atoms. The lowest BCUT2D eigenvalue weighted by molar-refractivity contribution is 0.244. The third-order valence-corrected chi connectivity index (χ3v) is 3.42. The molecule has 5 heteroatoms. The van der Waals surface area contributed by atoms with Crippen LogP contribution in [0, 0.1) is 11.3 Å². The normalized spacial score (nSPS) is 24.0. The highest BCUT2D eigenvalue weighted by molar-refractivity contribution is 5.99. The van der Waals surface area contributed by atoms with E-state index in [0.717, 1.165) is 13.0 Å². The molecule has 2 atom stereocenters. The summed E-state index contributed by atoms with van der Waals surface area (Å²) >= 11 is 0. The molecular formula is C12H18N4O. The van der Waals surface area contributed by atoms with E-state index in [-0.39, 0.29) is 18.5 Å². The number of hydrogen-bond donors (Lipinski definition) is 3. The molecule has 1 fully saturated rings. The second-order valence-corrected chi connectivity index (χ2v) is 4.50. The second-order valence-electron chi connectivity index (χ2n) is 4.50. The van der Waals surface area contributed by atoms with Gasteiger partial charge in [0.25, 0.3) is 0 Å². The summed E-state index contributed by atoms with van der Waals surface area (Å²) in [5.74, 6) is 1.16. The number of anilines is 1. The summed E-state index contributed by atoms with van der Waals surface area (Å²) in [6.45, 7) is 3.08. The fourth-order valence-corrected chi connectivity index (χ4v) is 2.39. The van der Waals surface area contributed by atoms with Gasteiger partial charge in [0.1, 0.15) is 11.7 Å². The Morgan fingerprint density at radius 2 is 2.47 bits per heavy atom. The molecule has 2 rings (SSSR count). The van der Waals surface area contributed by atoms with E-state index in [2.05, 4.69) is 16.8 Å². The van der Waals surface area contributed by atoms with Crippen molar-refractivity contribution in [2.75, 3.05) is 18.1 Å². The third-order valence-electron chi connectivity index (χ3n) is 3.42. The van der Waals surface area contributed by atoms with E-state index in [0.29, 0.717) is 17.3 Å². The first-order chi connectivity index (χ1) is 8.15. The lowest BCUT2D eigenvalue weighted by Crippen LogP contribution is -2.37. The van der Waals surface area contributed by atoms with E-state index < -0.39 is 0 Å². The highest BCUT2D eigenvalue weighted by atomic mass is 16.3. The maximum absolute atomic E-state index is 9.44. The Bertz CT molecular complexity index is 421. The molecule has 1 aromatic heterocycles. The van der Waals surface area contributed by atoms with Crippen LogP contribution in [-0.4, -0.2) is 35.1 Å². The molecule has 0 radical (unpaired) electrons. The Kier molecular flexibility index (Phi) is 3.28. The maximum Gasteiger partial charge on any atom is 0.139 e. The molecular weight excluding hydrogens is 216 g/mol. The number of nitrogen functional groups attached to an aromatic ring is 1. The first kappa shape index (κ1) is 11.9. The van der Waals surface area contributed by atoms with Gasteiger partial charge in [-0.2, -0.15) is 0 Å². The van der Waals surface area contributed by atoms with Gasteiger partial charge in [-0.25, -0.2) is 4.98 Å². The fraction of sp³-hybridized carbons (Fsp3) is 0.500. The maximum atomic E-state index is 9.44. The molecule has 0 amide bonds. The number of aliphatic hydroxyl groups is 1. The van der Waals surface area contributed by atoms with Gasteiger partial charge in [-0.15, -0.1) is 0 Å². The van der Waals surface area contributed by atoms with Crippen LogP contribution < -0.4 is 10.6 Å². The summed E-state index contributed by atoms with van der Waals surface area (Å²) < 4.78 is 0. The molecule has 0 aromatic carbocycles. The quantitative estimate of drug-likeness (QED) is 0.527. The van der Waals surface area contributed by atoms with E-state index in [1.54, 1.807) is 18.3 Å². The third kappa shape index (κ3) is 2.10. The average Bonchev–Trinajstić information content (AvgIpc) is 2.70. The highest BCUT2D eigenvalue weighted by Gasteiger charge is 2.32. The Morgan fingerprint density at radius 3 is 3.12 bits per heavy atom. The largest absolute Gasteiger partial charge is 0.394 e. The van der Waals surface area contributed by atoms with Crippen LogP contribution >= 0.6 is 0 Å². The van der Waals surface area contributed by atoms with Crippen molar-refractivity contribution >= 4 is 11.7 Å². The van der Waals surface area contributed by atoms with Gasteiger partial charge in [-0.05, 0) is 24.5 Å². The molecule has 4 N–H and O–H groups in total. The van der Waals surface area contributed by atoms with Crippen molar-refractivity contribution < 1.29 is 5.11 Å². The van der Waals surface area contributed by atoms with E-state index in [4.69, 9.17) is 11.1 Å². The molecule has 1 aliphatic heterocycles. The number of aliphatic hydroxyl groups excluding tert-OH is 1. The first-order valence-corrected chi connectivity index (χ1v) is 5.82. The number of nitrogens with one attached hydrogen (secondary N) is 1. The van der Waals surface area contributed by atoms with E-state index >= 15 is 0 Å². The summed E-state index contributed by atoms with van der Waals surface area (Å²) in [5, 5.41) is 17.0. The van der Waals surface area contributed by atoms with Crippen LogP contribution in [0.3, 0.4) is 0 Å². The SMILES string of the molecule is CC1CCN(c2ncccc2C(=N)N)C1CO. The zero-order valence-corrected chi connectivity index (χ0v) is 9.93. The van der Waals surface area contributed by atoms with Gasteiger partial charge in [0.15, 0.2) is 0 Å². The number of rotatable bonds is 3. The summed E-state index contributed by atoms with van der Waals surface area (Å²) in [6, 6.07) is 3.64. The smallest absolute Gasteiger partial charge is 0.139 e. The summed E-state index contributed by atoms with van der Waals surface area (Å²) in [7, 11) is 0. The van der Waals surface area contributed by atoms with E-state index in [1.807, 2.05) is 0 Å². The van der Waals surface area contributed by atoms with Crippen molar-refractivity contribution in [3.8, 4) is 0 Å². The van der Waals surface area contributed by atoms with Crippen molar-refractivity contribution in [2.24, 2.45) is 11.7 Å². The van der Waals surface area contributed by atoms with Crippen molar-refractivity contribution in [1.82, 2.24) is 4.98 Å². The van der Waals surface area contributed by atoms with Crippen LogP contribution in [0.5, 0.6) is 0 Å². The van der Waals surface area contributed by atoms with Gasteiger partial charge in [0, 0.05) is 12.7 Å². The van der Waals surface area contributed by atoms with Crippen LogP contribution in [0.1, 0.15) is 18.9 Å². The Balaban J connectivity index is 2.37. The average molecular weight is 234 g/mol. The van der Waals surface area contributed by atoms with Crippen LogP contribution in [0.25, 0.3) is 0 Å². The van der Waals surface area contributed by atoms with Crippen LogP contribution in [0.4, 0.5) is 5.82 Å². The molecule has 1 aliphatic rings. The minimum atomic E-state index is 0.0179. The second kappa shape index (κ2) is 4.71. The lowest BCUT2D eigenvalue weighted by atomic mass is 10.0. The Morgan fingerprint density at radius 1 is 1.71 bits per heavy atom. The summed E-state index contributed by atoms with van der Waals surface area (Å²) in [5.41, 5.74) is 6.20. The Hall–Kier alpha value is -1.62. The van der Waals surface area contributed by atoms with Crippen molar-refractivity contribution in [2.45, 2.75) is 19.4 Å². The predicted molar refractivity (Wildman–Crippen MR) is 67.3 cm³/mol. The van der Waals surface area contributed by atoms with Crippen LogP contribution in [0.2, 0.25) is 0 Å². The van der Waals surface area contributed by atoms with Gasteiger partial charge in [0.2, 0.25) is 0 Å². The molecule has 2 unspecified atom stereocenters. The number of pyridine rings is 1. The molecule has 0 saturated carbocycles. The van der Waals surface area contributed by atoms with Gasteiger partial charge < -0.3 is 15.7 Å². The molecule has 0 spiro atoms. The molecule has 92 valence electrons. The number of hydrogen-bond acceptors (Lipinski definition) is 4. The van der Waals surface area contributed by atoms with E-state index in [1.165, 1.54) is 0 Å². The predicted octanol–water partition coefficient (Wildman–Crippen LogP) is 0.573. The molecule has 0 aliphatic carbocycles. The number of nitrogens with zero attached hydrogens (tertiary/aromatic N) is 2. The molecule has 1 aromatic rings. The fourth-order valence-electron chi connectivity index (χ4n) is 2.39. The topological polar surface area (TPSA) is 86.2 Å². The highest BCUT2D eigenvalue weighted by Crippen LogP contribution is 2.29. The molecule has 17 heavy (non-hydrogen) atoms. The van der Waals surface area contributed by atoms with Crippen molar-refractivity contribution in [1.29, 1.82) is 5.41 Å². The van der Waals surface area contributed by atoms with Gasteiger partial charge in [-0.3, -0.25) is 5.41 Å². The van der Waals surface area contributed by atoms with Gasteiger partial charge >= 0.3 is 0 Å². The zero-order chi connectivity index (χ0) is 12.4. The standard InChI is InChI=1S/C12H18N4O/c1-8-4-6-16(10(8)7-17)12-9(11(13)14)3-2-5-15-12/h2-3,5,8,10,17H,4,6-7H2,1H3,(H3,13,14). The first-order valence-electron chi connectivity index (χ1n) is 5.82. The molecule has 1 saturated heterocycles. The van der Waals surface area contributed by atoms with Crippen LogP contribution in [-0.2, 0) is 0 Å². The minimum absolute atomic E-state index is 0.0179. The lowest BCUT2D eigenvalue weighted by Gasteiger charge is -2.27. The van der Waals surface area contributed by atoms with Gasteiger partial charge in [0.05, 0.1) is 18.2 Å².